The fourth-order valence-electron chi connectivity index (χ4n) is 3.36. The summed E-state index contributed by atoms with van der Waals surface area (Å²) in [5, 5.41) is 3.39. The summed E-state index contributed by atoms with van der Waals surface area (Å²) < 4.78 is 34.3. The molecule has 136 valence electrons. The second-order valence-electron chi connectivity index (χ2n) is 6.48. The summed E-state index contributed by atoms with van der Waals surface area (Å²) in [6, 6.07) is 2.04. The van der Waals surface area contributed by atoms with Gasteiger partial charge < -0.3 is 14.6 Å². The number of rotatable bonds is 4. The summed E-state index contributed by atoms with van der Waals surface area (Å²) in [5.41, 5.74) is 0.619. The number of anilines is 1. The van der Waals surface area contributed by atoms with E-state index in [0.717, 1.165) is 30.8 Å². The minimum absolute atomic E-state index is 0.0732. The second-order valence-corrected chi connectivity index (χ2v) is 6.48. The molecule has 0 amide bonds. The van der Waals surface area contributed by atoms with Crippen molar-refractivity contribution < 1.29 is 13.5 Å². The zero-order valence-electron chi connectivity index (χ0n) is 14.3. The molecule has 1 N–H and O–H groups in total. The SMILES string of the molecule is Cn1ccnc1C(Nc1cnc2cc(F)c(F)cc2n1)C1CCOCC1. The Morgan fingerprint density at radius 3 is 2.58 bits per heavy atom. The van der Waals surface area contributed by atoms with Crippen molar-refractivity contribution in [3.8, 4) is 0 Å². The van der Waals surface area contributed by atoms with Gasteiger partial charge in [0.05, 0.1) is 23.3 Å². The van der Waals surface area contributed by atoms with Crippen molar-refractivity contribution in [2.24, 2.45) is 13.0 Å². The van der Waals surface area contributed by atoms with Crippen LogP contribution in [0.15, 0.2) is 30.7 Å². The number of ether oxygens (including phenoxy) is 1. The molecule has 4 rings (SSSR count). The van der Waals surface area contributed by atoms with E-state index in [9.17, 15) is 8.78 Å². The quantitative estimate of drug-likeness (QED) is 0.775. The number of halogens is 2. The molecule has 0 spiro atoms. The first-order chi connectivity index (χ1) is 12.6. The van der Waals surface area contributed by atoms with Crippen LogP contribution < -0.4 is 5.32 Å². The highest BCUT2D eigenvalue weighted by Gasteiger charge is 2.28. The minimum atomic E-state index is -0.936. The summed E-state index contributed by atoms with van der Waals surface area (Å²) in [4.78, 5) is 13.1. The number of aromatic nitrogens is 4. The van der Waals surface area contributed by atoms with Gasteiger partial charge in [0.1, 0.15) is 11.6 Å². The first kappa shape index (κ1) is 16.8. The highest BCUT2D eigenvalue weighted by atomic mass is 19.2. The minimum Gasteiger partial charge on any atom is -0.381 e. The monoisotopic (exact) mass is 359 g/mol. The highest BCUT2D eigenvalue weighted by molar-refractivity contribution is 5.75. The number of hydrogen-bond donors (Lipinski definition) is 1. The zero-order chi connectivity index (χ0) is 18.1. The molecule has 1 fully saturated rings. The predicted molar refractivity (Wildman–Crippen MR) is 92.6 cm³/mol. The molecule has 1 atom stereocenters. The van der Waals surface area contributed by atoms with Gasteiger partial charge in [0, 0.05) is 44.8 Å². The largest absolute Gasteiger partial charge is 0.381 e. The molecule has 0 radical (unpaired) electrons. The van der Waals surface area contributed by atoms with E-state index in [4.69, 9.17) is 4.74 Å². The van der Waals surface area contributed by atoms with E-state index in [0.29, 0.717) is 36.0 Å². The zero-order valence-corrected chi connectivity index (χ0v) is 14.3. The smallest absolute Gasteiger partial charge is 0.161 e. The summed E-state index contributed by atoms with van der Waals surface area (Å²) in [6.45, 7) is 1.42. The van der Waals surface area contributed by atoms with E-state index in [-0.39, 0.29) is 6.04 Å². The lowest BCUT2D eigenvalue weighted by atomic mass is 9.91. The first-order valence-corrected chi connectivity index (χ1v) is 8.55. The fraction of sp³-hybridized carbons (Fsp3) is 0.389. The maximum Gasteiger partial charge on any atom is 0.161 e. The van der Waals surface area contributed by atoms with Crippen LogP contribution in [-0.4, -0.2) is 32.7 Å². The van der Waals surface area contributed by atoms with Gasteiger partial charge in [-0.15, -0.1) is 0 Å². The van der Waals surface area contributed by atoms with Crippen LogP contribution in [0.4, 0.5) is 14.6 Å². The Hall–Kier alpha value is -2.61. The molecule has 3 heterocycles. The standard InChI is InChI=1S/C18H19F2N5O/c1-25-5-4-21-18(25)17(11-2-6-26-7-3-11)24-16-10-22-14-8-12(19)13(20)9-15(14)23-16/h4-5,8-11,17H,2-3,6-7H2,1H3,(H,23,24). The maximum absolute atomic E-state index is 13.5. The molecular weight excluding hydrogens is 340 g/mol. The Morgan fingerprint density at radius 2 is 1.88 bits per heavy atom. The van der Waals surface area contributed by atoms with Crippen molar-refractivity contribution in [2.45, 2.75) is 18.9 Å². The summed E-state index contributed by atoms with van der Waals surface area (Å²) in [6.07, 6.45) is 7.01. The molecule has 1 aliphatic rings. The number of fused-ring (bicyclic) bond motifs is 1. The van der Waals surface area contributed by atoms with Gasteiger partial charge in [-0.05, 0) is 18.8 Å². The van der Waals surface area contributed by atoms with E-state index in [1.54, 1.807) is 6.20 Å². The van der Waals surface area contributed by atoms with Crippen LogP contribution in [0.2, 0.25) is 0 Å². The average Bonchev–Trinajstić information content (AvgIpc) is 3.07. The van der Waals surface area contributed by atoms with Crippen molar-refractivity contribution in [3.05, 3.63) is 48.2 Å². The molecule has 1 unspecified atom stereocenters. The van der Waals surface area contributed by atoms with Crippen LogP contribution in [0.1, 0.15) is 24.7 Å². The molecule has 8 heteroatoms. The molecule has 6 nitrogen and oxygen atoms in total. The van der Waals surface area contributed by atoms with Gasteiger partial charge >= 0.3 is 0 Å². The molecule has 0 saturated carbocycles. The van der Waals surface area contributed by atoms with E-state index in [1.807, 2.05) is 17.8 Å². The molecule has 0 aliphatic carbocycles. The van der Waals surface area contributed by atoms with Crippen LogP contribution in [0.3, 0.4) is 0 Å². The van der Waals surface area contributed by atoms with Crippen LogP contribution in [0.25, 0.3) is 11.0 Å². The van der Waals surface area contributed by atoms with Crippen LogP contribution in [0.5, 0.6) is 0 Å². The second kappa shape index (κ2) is 6.95. The first-order valence-electron chi connectivity index (χ1n) is 8.55. The van der Waals surface area contributed by atoms with E-state index in [1.165, 1.54) is 6.20 Å². The number of nitrogens with zero attached hydrogens (tertiary/aromatic N) is 4. The third-order valence-corrected chi connectivity index (χ3v) is 4.76. The van der Waals surface area contributed by atoms with Gasteiger partial charge in [-0.25, -0.2) is 18.7 Å². The summed E-state index contributed by atoms with van der Waals surface area (Å²) in [7, 11) is 1.95. The topological polar surface area (TPSA) is 64.9 Å². The van der Waals surface area contributed by atoms with E-state index in [2.05, 4.69) is 20.3 Å². The third-order valence-electron chi connectivity index (χ3n) is 4.76. The lowest BCUT2D eigenvalue weighted by Crippen LogP contribution is -2.29. The lowest BCUT2D eigenvalue weighted by Gasteiger charge is -2.30. The maximum atomic E-state index is 13.5. The Balaban J connectivity index is 1.67. The molecule has 2 aromatic heterocycles. The number of benzene rings is 1. The molecule has 1 aliphatic heterocycles. The molecule has 0 bridgehead atoms. The molecule has 1 saturated heterocycles. The Labute approximate surface area is 149 Å². The summed E-state index contributed by atoms with van der Waals surface area (Å²) >= 11 is 0. The molecule has 26 heavy (non-hydrogen) atoms. The number of nitrogens with one attached hydrogen (secondary N) is 1. The molecule has 3 aromatic rings. The lowest BCUT2D eigenvalue weighted by molar-refractivity contribution is 0.0594. The van der Waals surface area contributed by atoms with E-state index < -0.39 is 11.6 Å². The van der Waals surface area contributed by atoms with Crippen LogP contribution in [-0.2, 0) is 11.8 Å². The molecule has 1 aromatic carbocycles. The van der Waals surface area contributed by atoms with Crippen LogP contribution >= 0.6 is 0 Å². The molecular formula is C18H19F2N5O. The normalized spacial score (nSPS) is 16.7. The van der Waals surface area contributed by atoms with Gasteiger partial charge in [-0.3, -0.25) is 4.98 Å². The van der Waals surface area contributed by atoms with Crippen molar-refractivity contribution in [3.63, 3.8) is 0 Å². The van der Waals surface area contributed by atoms with Gasteiger partial charge in [0.2, 0.25) is 0 Å². The van der Waals surface area contributed by atoms with Gasteiger partial charge in [-0.2, -0.15) is 0 Å². The Morgan fingerprint density at radius 1 is 1.15 bits per heavy atom. The summed E-state index contributed by atoms with van der Waals surface area (Å²) in [5.74, 6) is -0.144. The van der Waals surface area contributed by atoms with Crippen molar-refractivity contribution in [1.82, 2.24) is 19.5 Å². The number of hydrogen-bond acceptors (Lipinski definition) is 5. The Kier molecular flexibility index (Phi) is 4.50. The van der Waals surface area contributed by atoms with Crippen molar-refractivity contribution in [2.75, 3.05) is 18.5 Å². The fourth-order valence-corrected chi connectivity index (χ4v) is 3.36. The van der Waals surface area contributed by atoms with Gasteiger partial charge in [0.25, 0.3) is 0 Å². The van der Waals surface area contributed by atoms with Crippen LogP contribution in [0, 0.1) is 17.6 Å². The highest BCUT2D eigenvalue weighted by Crippen LogP contribution is 2.32. The number of imidazole rings is 1. The van der Waals surface area contributed by atoms with E-state index >= 15 is 0 Å². The van der Waals surface area contributed by atoms with Crippen molar-refractivity contribution >= 4 is 16.9 Å². The van der Waals surface area contributed by atoms with Crippen molar-refractivity contribution in [1.29, 1.82) is 0 Å². The van der Waals surface area contributed by atoms with Gasteiger partial charge in [-0.1, -0.05) is 0 Å². The average molecular weight is 359 g/mol. The Bertz CT molecular complexity index is 923. The predicted octanol–water partition coefficient (Wildman–Crippen LogP) is 3.22. The third kappa shape index (κ3) is 3.24. The van der Waals surface area contributed by atoms with Gasteiger partial charge in [0.15, 0.2) is 11.6 Å². The number of aryl methyl sites for hydroxylation is 1.